The summed E-state index contributed by atoms with van der Waals surface area (Å²) in [5.41, 5.74) is 0.0363. The van der Waals surface area contributed by atoms with E-state index in [1.807, 2.05) is 0 Å². The third-order valence-corrected chi connectivity index (χ3v) is 2.98. The highest BCUT2D eigenvalue weighted by Gasteiger charge is 2.16. The largest absolute Gasteiger partial charge is 0.453 e. The molecule has 0 bridgehead atoms. The zero-order valence-electron chi connectivity index (χ0n) is 12.4. The quantitative estimate of drug-likeness (QED) is 0.659. The summed E-state index contributed by atoms with van der Waals surface area (Å²) in [6.07, 6.45) is -0.639. The van der Waals surface area contributed by atoms with Crippen LogP contribution in [0, 0.1) is 15.9 Å². The third-order valence-electron chi connectivity index (χ3n) is 2.98. The van der Waals surface area contributed by atoms with Gasteiger partial charge in [-0.2, -0.15) is 0 Å². The Kier molecular flexibility index (Phi) is 5.05. The molecular weight excluding hydrogens is 321 g/mol. The summed E-state index contributed by atoms with van der Waals surface area (Å²) in [7, 11) is 1.22. The van der Waals surface area contributed by atoms with Gasteiger partial charge in [-0.05, 0) is 30.3 Å². The molecule has 8 nitrogen and oxygen atoms in total. The van der Waals surface area contributed by atoms with Crippen molar-refractivity contribution >= 4 is 29.1 Å². The minimum absolute atomic E-state index is 0.322. The predicted octanol–water partition coefficient (Wildman–Crippen LogP) is 3.16. The smallest absolute Gasteiger partial charge is 0.411 e. The van der Waals surface area contributed by atoms with Gasteiger partial charge in [-0.25, -0.2) is 9.18 Å². The van der Waals surface area contributed by atoms with Crippen LogP contribution < -0.4 is 10.6 Å². The second-order valence-electron chi connectivity index (χ2n) is 4.57. The van der Waals surface area contributed by atoms with Crippen LogP contribution in [-0.2, 0) is 4.74 Å². The molecule has 0 aliphatic rings. The zero-order chi connectivity index (χ0) is 17.7. The average Bonchev–Trinajstić information content (AvgIpc) is 2.56. The molecule has 0 aromatic heterocycles. The topological polar surface area (TPSA) is 111 Å². The van der Waals surface area contributed by atoms with Gasteiger partial charge in [0, 0.05) is 17.4 Å². The number of rotatable bonds is 4. The summed E-state index contributed by atoms with van der Waals surface area (Å²) < 4.78 is 18.2. The van der Waals surface area contributed by atoms with E-state index < -0.39 is 28.4 Å². The molecule has 2 rings (SSSR count). The second kappa shape index (κ2) is 7.18. The number of methoxy groups -OCH3 is 1. The molecule has 0 aliphatic heterocycles. The van der Waals surface area contributed by atoms with Gasteiger partial charge in [0.15, 0.2) is 0 Å². The van der Waals surface area contributed by atoms with Crippen molar-refractivity contribution in [3.8, 4) is 0 Å². The first-order valence-electron chi connectivity index (χ1n) is 6.61. The lowest BCUT2D eigenvalue weighted by Crippen LogP contribution is -2.14. The number of halogens is 1. The van der Waals surface area contributed by atoms with Crippen molar-refractivity contribution in [2.45, 2.75) is 0 Å². The van der Waals surface area contributed by atoms with Gasteiger partial charge in [-0.15, -0.1) is 0 Å². The van der Waals surface area contributed by atoms with E-state index >= 15 is 0 Å². The summed E-state index contributed by atoms with van der Waals surface area (Å²) in [5, 5.41) is 15.4. The number of ether oxygens (including phenoxy) is 1. The van der Waals surface area contributed by atoms with Gasteiger partial charge >= 0.3 is 6.09 Å². The molecule has 9 heteroatoms. The number of amides is 2. The van der Waals surface area contributed by atoms with Gasteiger partial charge in [0.1, 0.15) is 5.82 Å². The van der Waals surface area contributed by atoms with Crippen LogP contribution in [0.25, 0.3) is 0 Å². The minimum Gasteiger partial charge on any atom is -0.453 e. The first kappa shape index (κ1) is 16.9. The van der Waals surface area contributed by atoms with Crippen molar-refractivity contribution in [1.82, 2.24) is 0 Å². The molecule has 0 unspecified atom stereocenters. The highest BCUT2D eigenvalue weighted by atomic mass is 19.1. The van der Waals surface area contributed by atoms with Crippen molar-refractivity contribution in [1.29, 1.82) is 0 Å². The lowest BCUT2D eigenvalue weighted by Gasteiger charge is -2.08. The fourth-order valence-corrected chi connectivity index (χ4v) is 1.81. The van der Waals surface area contributed by atoms with Crippen LogP contribution in [0.5, 0.6) is 0 Å². The van der Waals surface area contributed by atoms with Gasteiger partial charge in [0.25, 0.3) is 11.6 Å². The van der Waals surface area contributed by atoms with Crippen molar-refractivity contribution in [2.75, 3.05) is 17.7 Å². The maximum atomic E-state index is 13.8. The number of hydrogen-bond acceptors (Lipinski definition) is 5. The third kappa shape index (κ3) is 4.03. The normalized spacial score (nSPS) is 9.92. The van der Waals surface area contributed by atoms with E-state index in [4.69, 9.17) is 0 Å². The number of carbonyl (C=O) groups is 2. The van der Waals surface area contributed by atoms with Crippen LogP contribution in [0.15, 0.2) is 42.5 Å². The van der Waals surface area contributed by atoms with Gasteiger partial charge in [-0.1, -0.05) is 0 Å². The lowest BCUT2D eigenvalue weighted by molar-refractivity contribution is -0.385. The maximum absolute atomic E-state index is 13.8. The van der Waals surface area contributed by atoms with Crippen LogP contribution in [0.4, 0.5) is 26.2 Å². The Bertz CT molecular complexity index is 792. The van der Waals surface area contributed by atoms with Crippen molar-refractivity contribution in [3.63, 3.8) is 0 Å². The number of nitrogens with one attached hydrogen (secondary N) is 2. The van der Waals surface area contributed by atoms with Crippen LogP contribution in [0.3, 0.4) is 0 Å². The van der Waals surface area contributed by atoms with Crippen molar-refractivity contribution < 1.29 is 23.6 Å². The Morgan fingerprint density at radius 1 is 1.08 bits per heavy atom. The van der Waals surface area contributed by atoms with E-state index in [1.54, 1.807) is 0 Å². The lowest BCUT2D eigenvalue weighted by atomic mass is 10.1. The van der Waals surface area contributed by atoms with E-state index in [0.29, 0.717) is 17.4 Å². The molecular formula is C15H12FN3O5. The molecule has 2 aromatic carbocycles. The van der Waals surface area contributed by atoms with Crippen LogP contribution in [-0.4, -0.2) is 24.0 Å². The van der Waals surface area contributed by atoms with Crippen molar-refractivity contribution in [3.05, 3.63) is 64.0 Å². The predicted molar refractivity (Wildman–Crippen MR) is 83.5 cm³/mol. The number of benzene rings is 2. The molecule has 0 spiro atoms. The van der Waals surface area contributed by atoms with Crippen LogP contribution in [0.1, 0.15) is 10.4 Å². The Balaban J connectivity index is 2.09. The number of non-ortho nitro benzene ring substituents is 1. The first-order valence-corrected chi connectivity index (χ1v) is 6.61. The zero-order valence-corrected chi connectivity index (χ0v) is 12.4. The molecule has 2 aromatic rings. The molecule has 0 saturated carbocycles. The van der Waals surface area contributed by atoms with E-state index in [1.165, 1.54) is 31.4 Å². The average molecular weight is 333 g/mol. The summed E-state index contributed by atoms with van der Waals surface area (Å²) >= 11 is 0. The molecule has 0 aliphatic carbocycles. The molecule has 2 amide bonds. The standard InChI is InChI=1S/C15H12FN3O5/c1-24-15(21)18-10-4-2-9(3-5-10)17-14(20)12-7-6-11(19(22)23)8-13(12)16/h2-8H,1H3,(H,17,20)(H,18,21). The summed E-state index contributed by atoms with van der Waals surface area (Å²) in [5.74, 6) is -1.75. The molecule has 0 radical (unpaired) electrons. The number of nitro benzene ring substituents is 1. The maximum Gasteiger partial charge on any atom is 0.411 e. The fraction of sp³-hybridized carbons (Fsp3) is 0.0667. The monoisotopic (exact) mass is 333 g/mol. The summed E-state index contributed by atoms with van der Waals surface area (Å²) in [6.45, 7) is 0. The first-order chi connectivity index (χ1) is 11.4. The Labute approximate surface area is 135 Å². The van der Waals surface area contributed by atoms with Crippen LogP contribution >= 0.6 is 0 Å². The van der Waals surface area contributed by atoms with Crippen LogP contribution in [0.2, 0.25) is 0 Å². The van der Waals surface area contributed by atoms with E-state index in [2.05, 4.69) is 15.4 Å². The highest BCUT2D eigenvalue weighted by molar-refractivity contribution is 6.04. The van der Waals surface area contributed by atoms with Crippen molar-refractivity contribution in [2.24, 2.45) is 0 Å². The Hall–Kier alpha value is -3.49. The Morgan fingerprint density at radius 3 is 2.17 bits per heavy atom. The number of anilines is 2. The van der Waals surface area contributed by atoms with Gasteiger partial charge in [0.05, 0.1) is 23.7 Å². The molecule has 0 heterocycles. The SMILES string of the molecule is COC(=O)Nc1ccc(NC(=O)c2ccc([N+](=O)[O-])cc2F)cc1. The second-order valence-corrected chi connectivity index (χ2v) is 4.57. The van der Waals surface area contributed by atoms with E-state index in [0.717, 1.165) is 12.1 Å². The fourth-order valence-electron chi connectivity index (χ4n) is 1.81. The number of carbonyl (C=O) groups excluding carboxylic acids is 2. The number of nitrogens with zero attached hydrogens (tertiary/aromatic N) is 1. The summed E-state index contributed by atoms with van der Waals surface area (Å²) in [6, 6.07) is 8.77. The van der Waals surface area contributed by atoms with Gasteiger partial charge in [0.2, 0.25) is 0 Å². The minimum atomic E-state index is -0.995. The van der Waals surface area contributed by atoms with E-state index in [9.17, 15) is 24.1 Å². The molecule has 0 fully saturated rings. The number of nitro groups is 1. The number of hydrogen-bond donors (Lipinski definition) is 2. The molecule has 2 N–H and O–H groups in total. The molecule has 24 heavy (non-hydrogen) atoms. The highest BCUT2D eigenvalue weighted by Crippen LogP contribution is 2.19. The van der Waals surface area contributed by atoms with E-state index in [-0.39, 0.29) is 5.56 Å². The molecule has 124 valence electrons. The molecule has 0 saturated heterocycles. The summed E-state index contributed by atoms with van der Waals surface area (Å²) in [4.78, 5) is 32.9. The molecule has 0 atom stereocenters. The van der Waals surface area contributed by atoms with Gasteiger partial charge in [-0.3, -0.25) is 20.2 Å². The Morgan fingerprint density at radius 2 is 1.67 bits per heavy atom. The van der Waals surface area contributed by atoms with Gasteiger partial charge < -0.3 is 10.1 Å².